The number of unbranched alkanes of at least 4 members (excludes halogenated alkanes) is 1. The predicted octanol–water partition coefficient (Wildman–Crippen LogP) is 3.12. The average molecular weight is 401 g/mol. The minimum Gasteiger partial charge on any atom is -0.483 e. The molecule has 0 saturated carbocycles. The van der Waals surface area contributed by atoms with E-state index in [-0.39, 0.29) is 12.2 Å². The first-order valence-electron chi connectivity index (χ1n) is 10.2. The summed E-state index contributed by atoms with van der Waals surface area (Å²) in [5.41, 5.74) is 2.66. The van der Waals surface area contributed by atoms with Crippen LogP contribution in [0.3, 0.4) is 0 Å². The number of hydrogen-bond donors (Lipinski definition) is 2. The van der Waals surface area contributed by atoms with Crippen molar-refractivity contribution in [3.63, 3.8) is 0 Å². The zero-order valence-electron chi connectivity index (χ0n) is 16.9. The van der Waals surface area contributed by atoms with E-state index in [2.05, 4.69) is 5.32 Å². The van der Waals surface area contributed by atoms with Crippen LogP contribution in [-0.2, 0) is 22.4 Å². The second kappa shape index (κ2) is 9.11. The van der Waals surface area contributed by atoms with E-state index in [0.29, 0.717) is 29.7 Å². The number of ether oxygens (including phenoxy) is 1. The Bertz CT molecular complexity index is 977. The van der Waals surface area contributed by atoms with E-state index in [1.54, 1.807) is 13.0 Å². The summed E-state index contributed by atoms with van der Waals surface area (Å²) in [4.78, 5) is 35.8. The summed E-state index contributed by atoms with van der Waals surface area (Å²) in [6, 6.07) is 2.71. The first-order chi connectivity index (χ1) is 13.9. The smallest absolute Gasteiger partial charge is 0.339 e. The molecule has 0 aliphatic heterocycles. The summed E-state index contributed by atoms with van der Waals surface area (Å²) in [5, 5.41) is 12.6. The summed E-state index contributed by atoms with van der Waals surface area (Å²) < 4.78 is 11.2. The van der Waals surface area contributed by atoms with Crippen molar-refractivity contribution in [3.8, 4) is 5.75 Å². The fourth-order valence-corrected chi connectivity index (χ4v) is 3.83. The molecule has 1 aliphatic rings. The molecule has 1 aromatic carbocycles. The molecule has 7 nitrogen and oxygen atoms in total. The number of aryl methyl sites for hydroxylation is 2. The number of carboxylic acids is 1. The van der Waals surface area contributed by atoms with Crippen molar-refractivity contribution in [2.24, 2.45) is 0 Å². The van der Waals surface area contributed by atoms with Gasteiger partial charge in [-0.05, 0) is 56.7 Å². The molecule has 0 spiro atoms. The van der Waals surface area contributed by atoms with Gasteiger partial charge in [0.15, 0.2) is 6.61 Å². The maximum absolute atomic E-state index is 12.4. The first kappa shape index (κ1) is 20.9. The van der Waals surface area contributed by atoms with Crippen LogP contribution in [0.15, 0.2) is 21.3 Å². The number of carboxylic acid groups (broad SMARTS) is 1. The van der Waals surface area contributed by atoms with Gasteiger partial charge in [0.1, 0.15) is 17.4 Å². The largest absolute Gasteiger partial charge is 0.483 e. The molecule has 0 fully saturated rings. The first-order valence-corrected chi connectivity index (χ1v) is 10.2. The van der Waals surface area contributed by atoms with Crippen molar-refractivity contribution in [1.82, 2.24) is 5.32 Å². The van der Waals surface area contributed by atoms with Crippen LogP contribution in [0.2, 0.25) is 0 Å². The van der Waals surface area contributed by atoms with Crippen LogP contribution in [0.5, 0.6) is 5.75 Å². The van der Waals surface area contributed by atoms with E-state index in [1.807, 2.05) is 13.0 Å². The lowest BCUT2D eigenvalue weighted by atomic mass is 9.90. The Morgan fingerprint density at radius 1 is 1.24 bits per heavy atom. The van der Waals surface area contributed by atoms with E-state index in [0.717, 1.165) is 48.6 Å². The summed E-state index contributed by atoms with van der Waals surface area (Å²) >= 11 is 0. The predicted molar refractivity (Wildman–Crippen MR) is 108 cm³/mol. The van der Waals surface area contributed by atoms with Gasteiger partial charge in [-0.1, -0.05) is 19.8 Å². The second-order valence-electron chi connectivity index (χ2n) is 7.51. The van der Waals surface area contributed by atoms with E-state index < -0.39 is 17.9 Å². The molecular weight excluding hydrogens is 374 g/mol. The maximum Gasteiger partial charge on any atom is 0.339 e. The standard InChI is InChI=1S/C22H27NO6/c1-3-4-9-17(21(25)26)23-19(24)12-28-18-11-10-15-14-7-5-6-8-16(14)22(27)29-20(15)13(18)2/h10-11,17H,3-9,12H2,1-2H3,(H,23,24)(H,25,26)/t17-/m0/s1. The summed E-state index contributed by atoms with van der Waals surface area (Å²) in [6.45, 7) is 3.44. The van der Waals surface area contributed by atoms with E-state index in [9.17, 15) is 19.5 Å². The number of nitrogens with one attached hydrogen (secondary N) is 1. The van der Waals surface area contributed by atoms with Crippen molar-refractivity contribution in [1.29, 1.82) is 0 Å². The van der Waals surface area contributed by atoms with Crippen LogP contribution < -0.4 is 15.7 Å². The number of carbonyl (C=O) groups excluding carboxylic acids is 1. The highest BCUT2D eigenvalue weighted by atomic mass is 16.5. The van der Waals surface area contributed by atoms with Crippen molar-refractivity contribution in [3.05, 3.63) is 39.2 Å². The SMILES string of the molecule is CCCC[C@H](NC(=O)COc1ccc2c3c(c(=O)oc2c1C)CCCC3)C(=O)O. The molecule has 1 heterocycles. The minimum absolute atomic E-state index is 0.301. The molecule has 29 heavy (non-hydrogen) atoms. The Balaban J connectivity index is 1.75. The Morgan fingerprint density at radius 2 is 1.97 bits per heavy atom. The van der Waals surface area contributed by atoms with Gasteiger partial charge < -0.3 is 19.6 Å². The molecule has 7 heteroatoms. The maximum atomic E-state index is 12.4. The minimum atomic E-state index is -1.06. The lowest BCUT2D eigenvalue weighted by molar-refractivity contribution is -0.142. The van der Waals surface area contributed by atoms with Crippen LogP contribution >= 0.6 is 0 Å². The molecule has 0 bridgehead atoms. The van der Waals surface area contributed by atoms with Crippen LogP contribution in [0.25, 0.3) is 11.0 Å². The number of amides is 1. The van der Waals surface area contributed by atoms with Crippen molar-refractivity contribution >= 4 is 22.8 Å². The van der Waals surface area contributed by atoms with Gasteiger partial charge in [0.05, 0.1) is 0 Å². The zero-order valence-corrected chi connectivity index (χ0v) is 16.9. The van der Waals surface area contributed by atoms with Gasteiger partial charge in [0, 0.05) is 16.5 Å². The Morgan fingerprint density at radius 3 is 2.66 bits per heavy atom. The van der Waals surface area contributed by atoms with Crippen molar-refractivity contribution < 1.29 is 23.8 Å². The molecule has 2 N–H and O–H groups in total. The van der Waals surface area contributed by atoms with Gasteiger partial charge in [-0.15, -0.1) is 0 Å². The number of rotatable bonds is 8. The van der Waals surface area contributed by atoms with E-state index in [4.69, 9.17) is 9.15 Å². The Hall–Kier alpha value is -2.83. The molecule has 1 aliphatic carbocycles. The van der Waals surface area contributed by atoms with Gasteiger partial charge in [0.2, 0.25) is 0 Å². The van der Waals surface area contributed by atoms with E-state index in [1.165, 1.54) is 0 Å². The third kappa shape index (κ3) is 4.60. The lowest BCUT2D eigenvalue weighted by Gasteiger charge is -2.18. The van der Waals surface area contributed by atoms with Gasteiger partial charge in [0.25, 0.3) is 5.91 Å². The molecule has 156 valence electrons. The van der Waals surface area contributed by atoms with Gasteiger partial charge in [-0.3, -0.25) is 4.79 Å². The topological polar surface area (TPSA) is 106 Å². The Kier molecular flexibility index (Phi) is 6.56. The molecule has 2 aromatic rings. The molecular formula is C22H27NO6. The monoisotopic (exact) mass is 401 g/mol. The van der Waals surface area contributed by atoms with Crippen molar-refractivity contribution in [2.45, 2.75) is 64.8 Å². The third-order valence-corrected chi connectivity index (χ3v) is 5.43. The summed E-state index contributed by atoms with van der Waals surface area (Å²) in [5.74, 6) is -1.12. The zero-order chi connectivity index (χ0) is 21.0. The van der Waals surface area contributed by atoms with Crippen LogP contribution in [0, 0.1) is 6.92 Å². The quantitative estimate of drug-likeness (QED) is 0.659. The van der Waals surface area contributed by atoms with Crippen molar-refractivity contribution in [2.75, 3.05) is 6.61 Å². The van der Waals surface area contributed by atoms with Crippen LogP contribution in [0.4, 0.5) is 0 Å². The number of carbonyl (C=O) groups is 2. The van der Waals surface area contributed by atoms with Gasteiger partial charge >= 0.3 is 11.6 Å². The average Bonchev–Trinajstić information content (AvgIpc) is 2.71. The normalized spacial score (nSPS) is 14.3. The highest BCUT2D eigenvalue weighted by molar-refractivity contribution is 5.87. The molecule has 3 rings (SSSR count). The molecule has 1 aromatic heterocycles. The van der Waals surface area contributed by atoms with Crippen LogP contribution in [0.1, 0.15) is 55.7 Å². The molecule has 0 unspecified atom stereocenters. The summed E-state index contributed by atoms with van der Waals surface area (Å²) in [6.07, 6.45) is 5.58. The second-order valence-corrected chi connectivity index (χ2v) is 7.51. The number of aliphatic carboxylic acids is 1. The fourth-order valence-electron chi connectivity index (χ4n) is 3.83. The number of benzene rings is 1. The molecule has 0 saturated heterocycles. The van der Waals surface area contributed by atoms with Crippen LogP contribution in [-0.4, -0.2) is 29.6 Å². The third-order valence-electron chi connectivity index (χ3n) is 5.43. The Labute approximate surface area is 169 Å². The highest BCUT2D eigenvalue weighted by Gasteiger charge is 2.22. The highest BCUT2D eigenvalue weighted by Crippen LogP contribution is 2.32. The fraction of sp³-hybridized carbons (Fsp3) is 0.500. The molecule has 1 atom stereocenters. The summed E-state index contributed by atoms with van der Waals surface area (Å²) in [7, 11) is 0. The van der Waals surface area contributed by atoms with Gasteiger partial charge in [-0.2, -0.15) is 0 Å². The molecule has 0 radical (unpaired) electrons. The number of fused-ring (bicyclic) bond motifs is 3. The number of hydrogen-bond acceptors (Lipinski definition) is 5. The lowest BCUT2D eigenvalue weighted by Crippen LogP contribution is -2.42. The molecule has 1 amide bonds. The van der Waals surface area contributed by atoms with E-state index >= 15 is 0 Å². The van der Waals surface area contributed by atoms with Gasteiger partial charge in [-0.25, -0.2) is 9.59 Å².